The Bertz CT molecular complexity index is 992. The first kappa shape index (κ1) is 21.5. The molecule has 1 unspecified atom stereocenters. The number of nitrogens with two attached hydrogens (primary N) is 1. The van der Waals surface area contributed by atoms with Crippen LogP contribution >= 0.6 is 11.8 Å². The summed E-state index contributed by atoms with van der Waals surface area (Å²) in [4.78, 5) is 9.31. The molecule has 5 nitrogen and oxygen atoms in total. The zero-order valence-corrected chi connectivity index (χ0v) is 17.7. The lowest BCUT2D eigenvalue weighted by atomic mass is 10.1. The molecule has 0 radical (unpaired) electrons. The van der Waals surface area contributed by atoms with Gasteiger partial charge in [0.05, 0.1) is 24.5 Å². The van der Waals surface area contributed by atoms with Crippen LogP contribution in [0.25, 0.3) is 11.0 Å². The minimum Gasteiger partial charge on any atom is -0.383 e. The number of imidazole rings is 1. The number of aryl methyl sites for hydroxylation is 2. The van der Waals surface area contributed by atoms with Gasteiger partial charge in [-0.25, -0.2) is 18.7 Å². The molecular weight excluding hydrogens is 394 g/mol. The van der Waals surface area contributed by atoms with Crippen LogP contribution in [0.1, 0.15) is 36.6 Å². The van der Waals surface area contributed by atoms with Crippen molar-refractivity contribution in [3.63, 3.8) is 0 Å². The summed E-state index contributed by atoms with van der Waals surface area (Å²) in [5.74, 6) is 0.148. The predicted molar refractivity (Wildman–Crippen MR) is 113 cm³/mol. The van der Waals surface area contributed by atoms with Crippen molar-refractivity contribution in [1.82, 2.24) is 14.5 Å². The van der Waals surface area contributed by atoms with E-state index in [-0.39, 0.29) is 6.04 Å². The molecule has 1 atom stereocenters. The van der Waals surface area contributed by atoms with Crippen LogP contribution < -0.4 is 5.73 Å². The van der Waals surface area contributed by atoms with E-state index in [1.165, 1.54) is 23.9 Å². The second-order valence-electron chi connectivity index (χ2n) is 7.08. The molecule has 2 heterocycles. The van der Waals surface area contributed by atoms with E-state index < -0.39 is 11.6 Å². The SMILES string of the molecule is COCC(CCCCSc1ccc(F)cc1F)n1cnc2c(N)nc(C)c(C)c21. The quantitative estimate of drug-likeness (QED) is 0.387. The molecule has 0 fully saturated rings. The van der Waals surface area contributed by atoms with Crippen LogP contribution in [0, 0.1) is 25.5 Å². The lowest BCUT2D eigenvalue weighted by molar-refractivity contribution is 0.151. The standard InChI is InChI=1S/C21H26F2N4OS/c1-13-14(2)26-21(24)19-20(13)27(12-25-19)16(11-28-3)6-4-5-9-29-18-8-7-15(22)10-17(18)23/h7-8,10,12,16H,4-6,9,11H2,1-3H3,(H2,24,26). The number of fused-ring (bicyclic) bond motifs is 1. The Labute approximate surface area is 173 Å². The van der Waals surface area contributed by atoms with E-state index in [0.717, 1.165) is 53.4 Å². The van der Waals surface area contributed by atoms with Crippen molar-refractivity contribution in [2.75, 3.05) is 25.2 Å². The van der Waals surface area contributed by atoms with Gasteiger partial charge in [-0.05, 0) is 50.1 Å². The molecule has 0 saturated heterocycles. The molecule has 3 rings (SSSR count). The van der Waals surface area contributed by atoms with Gasteiger partial charge in [-0.2, -0.15) is 0 Å². The molecule has 0 amide bonds. The second kappa shape index (κ2) is 9.54. The lowest BCUT2D eigenvalue weighted by Gasteiger charge is -2.20. The van der Waals surface area contributed by atoms with Crippen molar-refractivity contribution in [3.05, 3.63) is 47.4 Å². The summed E-state index contributed by atoms with van der Waals surface area (Å²) in [5.41, 5.74) is 9.73. The van der Waals surface area contributed by atoms with E-state index in [2.05, 4.69) is 14.5 Å². The highest BCUT2D eigenvalue weighted by Gasteiger charge is 2.18. The van der Waals surface area contributed by atoms with Crippen LogP contribution in [-0.2, 0) is 4.74 Å². The fraction of sp³-hybridized carbons (Fsp3) is 0.429. The van der Waals surface area contributed by atoms with Crippen LogP contribution in [-0.4, -0.2) is 34.0 Å². The molecule has 0 bridgehead atoms. The molecule has 0 aliphatic carbocycles. The molecule has 0 saturated carbocycles. The summed E-state index contributed by atoms with van der Waals surface area (Å²) >= 11 is 1.41. The molecule has 1 aromatic carbocycles. The zero-order chi connectivity index (χ0) is 21.0. The van der Waals surface area contributed by atoms with Gasteiger partial charge in [-0.3, -0.25) is 0 Å². The van der Waals surface area contributed by atoms with Crippen molar-refractivity contribution >= 4 is 28.6 Å². The number of nitrogen functional groups attached to an aromatic ring is 1. The normalized spacial score (nSPS) is 12.6. The third kappa shape index (κ3) is 4.87. The van der Waals surface area contributed by atoms with E-state index in [0.29, 0.717) is 17.3 Å². The molecule has 29 heavy (non-hydrogen) atoms. The number of benzene rings is 1. The van der Waals surface area contributed by atoms with Crippen LogP contribution in [0.5, 0.6) is 0 Å². The van der Waals surface area contributed by atoms with Crippen molar-refractivity contribution in [2.45, 2.75) is 44.0 Å². The Hall–Kier alpha value is -2.19. The molecule has 8 heteroatoms. The fourth-order valence-corrected chi connectivity index (χ4v) is 4.37. The fourth-order valence-electron chi connectivity index (χ4n) is 3.44. The average Bonchev–Trinajstić information content (AvgIpc) is 3.12. The van der Waals surface area contributed by atoms with Crippen molar-refractivity contribution in [2.24, 2.45) is 0 Å². The number of anilines is 1. The van der Waals surface area contributed by atoms with Crippen molar-refractivity contribution in [1.29, 1.82) is 0 Å². The number of pyridine rings is 1. The summed E-state index contributed by atoms with van der Waals surface area (Å²) in [6, 6.07) is 3.82. The molecule has 0 aliphatic rings. The highest BCUT2D eigenvalue weighted by Crippen LogP contribution is 2.29. The Morgan fingerprint density at radius 2 is 2.03 bits per heavy atom. The number of nitrogens with zero attached hydrogens (tertiary/aromatic N) is 3. The minimum absolute atomic E-state index is 0.123. The molecule has 2 N–H and O–H groups in total. The Morgan fingerprint density at radius 3 is 2.76 bits per heavy atom. The van der Waals surface area contributed by atoms with Gasteiger partial charge in [-0.1, -0.05) is 6.42 Å². The molecule has 3 aromatic rings. The summed E-state index contributed by atoms with van der Waals surface area (Å²) in [5, 5.41) is 0. The van der Waals surface area contributed by atoms with E-state index in [4.69, 9.17) is 10.5 Å². The maximum Gasteiger partial charge on any atom is 0.151 e. The highest BCUT2D eigenvalue weighted by molar-refractivity contribution is 7.99. The maximum absolute atomic E-state index is 13.7. The van der Waals surface area contributed by atoms with Crippen molar-refractivity contribution < 1.29 is 13.5 Å². The Balaban J connectivity index is 1.64. The zero-order valence-electron chi connectivity index (χ0n) is 16.9. The topological polar surface area (TPSA) is 66.0 Å². The summed E-state index contributed by atoms with van der Waals surface area (Å²) < 4.78 is 34.3. The van der Waals surface area contributed by atoms with Crippen LogP contribution in [0.3, 0.4) is 0 Å². The number of unbranched alkanes of at least 4 members (excludes halogenated alkanes) is 1. The van der Waals surface area contributed by atoms with E-state index in [1.807, 2.05) is 20.2 Å². The summed E-state index contributed by atoms with van der Waals surface area (Å²) in [6.07, 6.45) is 4.56. The van der Waals surface area contributed by atoms with Gasteiger partial charge in [-0.15, -0.1) is 11.8 Å². The van der Waals surface area contributed by atoms with E-state index in [1.54, 1.807) is 7.11 Å². The minimum atomic E-state index is -0.553. The number of methoxy groups -OCH3 is 1. The molecule has 156 valence electrons. The number of hydrogen-bond acceptors (Lipinski definition) is 5. The maximum atomic E-state index is 13.7. The lowest BCUT2D eigenvalue weighted by Crippen LogP contribution is -2.15. The smallest absolute Gasteiger partial charge is 0.151 e. The number of aromatic nitrogens is 3. The van der Waals surface area contributed by atoms with E-state index in [9.17, 15) is 8.78 Å². The summed E-state index contributed by atoms with van der Waals surface area (Å²) in [7, 11) is 1.69. The number of thioether (sulfide) groups is 1. The molecule has 2 aromatic heterocycles. The third-order valence-electron chi connectivity index (χ3n) is 5.06. The van der Waals surface area contributed by atoms with Crippen LogP contribution in [0.2, 0.25) is 0 Å². The van der Waals surface area contributed by atoms with Crippen LogP contribution in [0.4, 0.5) is 14.6 Å². The van der Waals surface area contributed by atoms with Gasteiger partial charge >= 0.3 is 0 Å². The molecule has 0 aliphatic heterocycles. The third-order valence-corrected chi connectivity index (χ3v) is 6.19. The van der Waals surface area contributed by atoms with Gasteiger partial charge in [0.15, 0.2) is 5.82 Å². The second-order valence-corrected chi connectivity index (χ2v) is 8.22. The number of rotatable bonds is 9. The van der Waals surface area contributed by atoms with Crippen LogP contribution in [0.15, 0.2) is 29.4 Å². The number of ether oxygens (including phenoxy) is 1. The van der Waals surface area contributed by atoms with Crippen molar-refractivity contribution in [3.8, 4) is 0 Å². The molecule has 0 spiro atoms. The highest BCUT2D eigenvalue weighted by atomic mass is 32.2. The average molecular weight is 421 g/mol. The monoisotopic (exact) mass is 420 g/mol. The van der Waals surface area contributed by atoms with Gasteiger partial charge in [0.25, 0.3) is 0 Å². The predicted octanol–water partition coefficient (Wildman–Crippen LogP) is 5.06. The number of halogens is 2. The first-order valence-electron chi connectivity index (χ1n) is 9.58. The van der Waals surface area contributed by atoms with Gasteiger partial charge < -0.3 is 15.0 Å². The Morgan fingerprint density at radius 1 is 1.24 bits per heavy atom. The molecular formula is C21H26F2N4OS. The van der Waals surface area contributed by atoms with Gasteiger partial charge in [0.2, 0.25) is 0 Å². The largest absolute Gasteiger partial charge is 0.383 e. The first-order chi connectivity index (χ1) is 13.9. The Kier molecular flexibility index (Phi) is 7.08. The summed E-state index contributed by atoms with van der Waals surface area (Å²) in [6.45, 7) is 4.53. The van der Waals surface area contributed by atoms with Gasteiger partial charge in [0.1, 0.15) is 17.2 Å². The first-order valence-corrected chi connectivity index (χ1v) is 10.6. The van der Waals surface area contributed by atoms with E-state index >= 15 is 0 Å². The number of hydrogen-bond donors (Lipinski definition) is 1. The van der Waals surface area contributed by atoms with Gasteiger partial charge in [0, 0.05) is 23.8 Å².